The van der Waals surface area contributed by atoms with E-state index in [2.05, 4.69) is 35.9 Å². The van der Waals surface area contributed by atoms with Gasteiger partial charge in [0.2, 0.25) is 5.88 Å². The molecule has 112 valence electrons. The second-order valence-corrected chi connectivity index (χ2v) is 5.73. The molecule has 0 fully saturated rings. The molecular formula is C17H23N3O. The summed E-state index contributed by atoms with van der Waals surface area (Å²) in [6, 6.07) is 5.97. The molecule has 2 aromatic rings. The molecule has 0 amide bonds. The minimum atomic E-state index is 0.272. The third-order valence-corrected chi connectivity index (χ3v) is 3.33. The van der Waals surface area contributed by atoms with Crippen molar-refractivity contribution < 1.29 is 4.74 Å². The molecule has 0 spiro atoms. The Kier molecular flexibility index (Phi) is 4.58. The van der Waals surface area contributed by atoms with Gasteiger partial charge in [-0.15, -0.1) is 0 Å². The van der Waals surface area contributed by atoms with Crippen LogP contribution in [0.2, 0.25) is 0 Å². The molecule has 1 aromatic heterocycles. The Morgan fingerprint density at radius 2 is 1.67 bits per heavy atom. The van der Waals surface area contributed by atoms with Crippen LogP contribution in [0.5, 0.6) is 11.6 Å². The number of aryl methyl sites for hydroxylation is 3. The Bertz CT molecular complexity index is 627. The summed E-state index contributed by atoms with van der Waals surface area (Å²) in [5, 5.41) is 0. The Morgan fingerprint density at radius 3 is 2.19 bits per heavy atom. The molecule has 2 rings (SSSR count). The number of benzene rings is 1. The topological polar surface area (TPSA) is 61.0 Å². The summed E-state index contributed by atoms with van der Waals surface area (Å²) in [6.07, 6.45) is 0. The average molecular weight is 285 g/mol. The number of aromatic nitrogens is 2. The van der Waals surface area contributed by atoms with Gasteiger partial charge in [0.05, 0.1) is 0 Å². The van der Waals surface area contributed by atoms with Crippen molar-refractivity contribution in [3.05, 3.63) is 46.4 Å². The van der Waals surface area contributed by atoms with Crippen LogP contribution in [0.3, 0.4) is 0 Å². The zero-order chi connectivity index (χ0) is 15.6. The first-order chi connectivity index (χ1) is 9.90. The second-order valence-electron chi connectivity index (χ2n) is 5.73. The first kappa shape index (κ1) is 15.4. The van der Waals surface area contributed by atoms with Gasteiger partial charge in [0.1, 0.15) is 11.6 Å². The molecule has 0 aliphatic carbocycles. The molecule has 4 heteroatoms. The molecule has 0 atom stereocenters. The predicted molar refractivity (Wildman–Crippen MR) is 84.7 cm³/mol. The van der Waals surface area contributed by atoms with Crippen LogP contribution in [-0.2, 0) is 6.54 Å². The average Bonchev–Trinajstić information content (AvgIpc) is 2.42. The van der Waals surface area contributed by atoms with Crippen LogP contribution in [0, 0.1) is 20.8 Å². The van der Waals surface area contributed by atoms with Gasteiger partial charge in [-0.3, -0.25) is 0 Å². The number of ether oxygens (including phenoxy) is 1. The molecule has 0 unspecified atom stereocenters. The highest BCUT2D eigenvalue weighted by molar-refractivity contribution is 5.45. The van der Waals surface area contributed by atoms with Crippen LogP contribution < -0.4 is 10.5 Å². The van der Waals surface area contributed by atoms with Gasteiger partial charge in [-0.05, 0) is 37.5 Å². The highest BCUT2D eigenvalue weighted by atomic mass is 16.5. The van der Waals surface area contributed by atoms with Gasteiger partial charge in [-0.2, -0.15) is 4.98 Å². The standard InChI is InChI=1S/C17H23N3O/c1-10(2)17-19-13(5)8-15(20-17)21-16-11(3)6-14(9-18)7-12(16)4/h6-8,10H,9,18H2,1-5H3. The molecule has 1 heterocycles. The number of hydrogen-bond acceptors (Lipinski definition) is 4. The SMILES string of the molecule is Cc1cc(Oc2c(C)cc(CN)cc2C)nc(C(C)C)n1. The van der Waals surface area contributed by atoms with Crippen molar-refractivity contribution in [2.75, 3.05) is 0 Å². The summed E-state index contributed by atoms with van der Waals surface area (Å²) in [5.74, 6) is 2.52. The summed E-state index contributed by atoms with van der Waals surface area (Å²) in [7, 11) is 0. The van der Waals surface area contributed by atoms with Crippen molar-refractivity contribution in [3.63, 3.8) is 0 Å². The summed E-state index contributed by atoms with van der Waals surface area (Å²) in [5.41, 5.74) is 9.86. The zero-order valence-corrected chi connectivity index (χ0v) is 13.4. The summed E-state index contributed by atoms with van der Waals surface area (Å²) in [4.78, 5) is 8.93. The maximum absolute atomic E-state index is 6.02. The molecule has 0 aliphatic rings. The maximum atomic E-state index is 6.02. The van der Waals surface area contributed by atoms with Crippen molar-refractivity contribution in [1.29, 1.82) is 0 Å². The highest BCUT2D eigenvalue weighted by Gasteiger charge is 2.11. The fourth-order valence-electron chi connectivity index (χ4n) is 2.30. The van der Waals surface area contributed by atoms with Crippen molar-refractivity contribution >= 4 is 0 Å². The molecule has 0 radical (unpaired) electrons. The van der Waals surface area contributed by atoms with Gasteiger partial charge in [-0.25, -0.2) is 4.98 Å². The summed E-state index contributed by atoms with van der Waals surface area (Å²) < 4.78 is 6.02. The lowest BCUT2D eigenvalue weighted by Crippen LogP contribution is -2.03. The molecule has 4 nitrogen and oxygen atoms in total. The monoisotopic (exact) mass is 285 g/mol. The Hall–Kier alpha value is -1.94. The van der Waals surface area contributed by atoms with Gasteiger partial charge in [-0.1, -0.05) is 26.0 Å². The van der Waals surface area contributed by atoms with Gasteiger partial charge in [0.15, 0.2) is 0 Å². The lowest BCUT2D eigenvalue weighted by Gasteiger charge is -2.14. The lowest BCUT2D eigenvalue weighted by molar-refractivity contribution is 0.449. The number of nitrogens with zero attached hydrogens (tertiary/aromatic N) is 2. The lowest BCUT2D eigenvalue weighted by atomic mass is 10.1. The van der Waals surface area contributed by atoms with E-state index in [4.69, 9.17) is 10.5 Å². The van der Waals surface area contributed by atoms with Crippen molar-refractivity contribution in [1.82, 2.24) is 9.97 Å². The van der Waals surface area contributed by atoms with E-state index in [1.54, 1.807) is 0 Å². The van der Waals surface area contributed by atoms with Crippen LogP contribution in [-0.4, -0.2) is 9.97 Å². The van der Waals surface area contributed by atoms with Crippen molar-refractivity contribution in [2.24, 2.45) is 5.73 Å². The van der Waals surface area contributed by atoms with Gasteiger partial charge in [0, 0.05) is 24.2 Å². The third-order valence-electron chi connectivity index (χ3n) is 3.33. The van der Waals surface area contributed by atoms with E-state index >= 15 is 0 Å². The van der Waals surface area contributed by atoms with Crippen LogP contribution in [0.25, 0.3) is 0 Å². The summed E-state index contributed by atoms with van der Waals surface area (Å²) in [6.45, 7) is 10.7. The highest BCUT2D eigenvalue weighted by Crippen LogP contribution is 2.29. The first-order valence-electron chi connectivity index (χ1n) is 7.24. The second kappa shape index (κ2) is 6.22. The smallest absolute Gasteiger partial charge is 0.222 e. The van der Waals surface area contributed by atoms with Gasteiger partial charge in [0.25, 0.3) is 0 Å². The molecular weight excluding hydrogens is 262 g/mol. The van der Waals surface area contributed by atoms with Gasteiger partial charge < -0.3 is 10.5 Å². The van der Waals surface area contributed by atoms with E-state index in [-0.39, 0.29) is 5.92 Å². The molecule has 0 saturated heterocycles. The normalized spacial score (nSPS) is 11.0. The largest absolute Gasteiger partial charge is 0.438 e. The Morgan fingerprint density at radius 1 is 1.05 bits per heavy atom. The molecule has 21 heavy (non-hydrogen) atoms. The van der Waals surface area contributed by atoms with E-state index in [1.165, 1.54) is 0 Å². The van der Waals surface area contributed by atoms with Gasteiger partial charge >= 0.3 is 0 Å². The summed E-state index contributed by atoms with van der Waals surface area (Å²) >= 11 is 0. The Balaban J connectivity index is 2.38. The maximum Gasteiger partial charge on any atom is 0.222 e. The van der Waals surface area contributed by atoms with E-state index in [0.29, 0.717) is 12.4 Å². The minimum Gasteiger partial charge on any atom is -0.438 e. The molecule has 0 bridgehead atoms. The number of rotatable bonds is 4. The van der Waals surface area contributed by atoms with E-state index in [9.17, 15) is 0 Å². The van der Waals surface area contributed by atoms with E-state index in [1.807, 2.05) is 26.8 Å². The van der Waals surface area contributed by atoms with E-state index < -0.39 is 0 Å². The minimum absolute atomic E-state index is 0.272. The predicted octanol–water partition coefficient (Wildman–Crippen LogP) is 3.78. The van der Waals surface area contributed by atoms with Crippen molar-refractivity contribution in [2.45, 2.75) is 47.1 Å². The quantitative estimate of drug-likeness (QED) is 0.928. The van der Waals surface area contributed by atoms with Crippen LogP contribution in [0.15, 0.2) is 18.2 Å². The number of nitrogens with two attached hydrogens (primary N) is 1. The molecule has 1 aromatic carbocycles. The zero-order valence-electron chi connectivity index (χ0n) is 13.4. The third kappa shape index (κ3) is 3.58. The molecule has 0 saturated carbocycles. The first-order valence-corrected chi connectivity index (χ1v) is 7.24. The fraction of sp³-hybridized carbons (Fsp3) is 0.412. The van der Waals surface area contributed by atoms with Crippen LogP contribution in [0.1, 0.15) is 48.0 Å². The van der Waals surface area contributed by atoms with Crippen LogP contribution in [0.4, 0.5) is 0 Å². The fourth-order valence-corrected chi connectivity index (χ4v) is 2.30. The Labute approximate surface area is 126 Å². The number of hydrogen-bond donors (Lipinski definition) is 1. The molecule has 2 N–H and O–H groups in total. The molecule has 0 aliphatic heterocycles. The van der Waals surface area contributed by atoms with E-state index in [0.717, 1.165) is 34.0 Å². The van der Waals surface area contributed by atoms with Crippen LogP contribution >= 0.6 is 0 Å². The van der Waals surface area contributed by atoms with Crippen molar-refractivity contribution in [3.8, 4) is 11.6 Å².